The highest BCUT2D eigenvalue weighted by atomic mass is 19.1. The molecule has 86 valence electrons. The van der Waals surface area contributed by atoms with E-state index in [0.717, 1.165) is 12.8 Å². The van der Waals surface area contributed by atoms with Crippen LogP contribution in [0.5, 0.6) is 5.75 Å². The molecule has 1 heterocycles. The van der Waals surface area contributed by atoms with Crippen LogP contribution >= 0.6 is 0 Å². The lowest BCUT2D eigenvalue weighted by Gasteiger charge is -2.15. The number of hydrogen-bond donors (Lipinski definition) is 1. The van der Waals surface area contributed by atoms with Gasteiger partial charge in [0, 0.05) is 6.54 Å². The molecule has 0 spiro atoms. The fourth-order valence-corrected chi connectivity index (χ4v) is 1.70. The standard InChI is InChI=1S/C12H14FNO2/c13-9-4-6-10(7-5-9)16-11-3-1-2-8-14-12(11)15/h4-7,11H,1-3,8H2,(H,14,15). The maximum atomic E-state index is 12.7. The maximum absolute atomic E-state index is 12.7. The average Bonchev–Trinajstić information content (AvgIpc) is 2.48. The van der Waals surface area contributed by atoms with Crippen LogP contribution in [-0.2, 0) is 4.79 Å². The molecule has 1 N–H and O–H groups in total. The van der Waals surface area contributed by atoms with Crippen LogP contribution in [0.4, 0.5) is 4.39 Å². The third-order valence-corrected chi connectivity index (χ3v) is 2.58. The molecule has 4 heteroatoms. The Kier molecular flexibility index (Phi) is 3.39. The summed E-state index contributed by atoms with van der Waals surface area (Å²) in [4.78, 5) is 11.6. The van der Waals surface area contributed by atoms with Crippen LogP contribution in [0, 0.1) is 5.82 Å². The van der Waals surface area contributed by atoms with Crippen molar-refractivity contribution >= 4 is 5.91 Å². The van der Waals surface area contributed by atoms with Gasteiger partial charge in [0.05, 0.1) is 0 Å². The molecule has 1 aromatic carbocycles. The minimum absolute atomic E-state index is 0.0816. The van der Waals surface area contributed by atoms with Crippen molar-refractivity contribution in [2.75, 3.05) is 6.54 Å². The van der Waals surface area contributed by atoms with Crippen LogP contribution in [-0.4, -0.2) is 18.6 Å². The first-order valence-electron chi connectivity index (χ1n) is 5.45. The number of ether oxygens (including phenoxy) is 1. The SMILES string of the molecule is O=C1NCCCCC1Oc1ccc(F)cc1. The second kappa shape index (κ2) is 4.96. The average molecular weight is 223 g/mol. The van der Waals surface area contributed by atoms with E-state index in [2.05, 4.69) is 5.32 Å². The Bertz CT molecular complexity index is 364. The largest absolute Gasteiger partial charge is 0.481 e. The smallest absolute Gasteiger partial charge is 0.261 e. The fraction of sp³-hybridized carbons (Fsp3) is 0.417. The van der Waals surface area contributed by atoms with Crippen molar-refractivity contribution in [3.63, 3.8) is 0 Å². The first-order chi connectivity index (χ1) is 7.75. The molecular formula is C12H14FNO2. The Labute approximate surface area is 93.6 Å². The third kappa shape index (κ3) is 2.72. The summed E-state index contributed by atoms with van der Waals surface area (Å²) >= 11 is 0. The minimum Gasteiger partial charge on any atom is -0.481 e. The lowest BCUT2D eigenvalue weighted by molar-refractivity contribution is -0.127. The number of benzene rings is 1. The van der Waals surface area contributed by atoms with Crippen molar-refractivity contribution in [3.8, 4) is 5.75 Å². The molecule has 1 amide bonds. The number of carbonyl (C=O) groups excluding carboxylic acids is 1. The first kappa shape index (κ1) is 10.9. The second-order valence-corrected chi connectivity index (χ2v) is 3.85. The predicted molar refractivity (Wildman–Crippen MR) is 57.7 cm³/mol. The Morgan fingerprint density at radius 1 is 1.25 bits per heavy atom. The summed E-state index contributed by atoms with van der Waals surface area (Å²) in [6.45, 7) is 0.710. The van der Waals surface area contributed by atoms with E-state index in [-0.39, 0.29) is 11.7 Å². The van der Waals surface area contributed by atoms with Crippen LogP contribution in [0.2, 0.25) is 0 Å². The summed E-state index contributed by atoms with van der Waals surface area (Å²) in [7, 11) is 0. The first-order valence-corrected chi connectivity index (χ1v) is 5.45. The highest BCUT2D eigenvalue weighted by Gasteiger charge is 2.22. The van der Waals surface area contributed by atoms with Crippen molar-refractivity contribution in [1.82, 2.24) is 5.32 Å². The predicted octanol–water partition coefficient (Wildman–Crippen LogP) is 1.87. The summed E-state index contributed by atoms with van der Waals surface area (Å²) in [5.41, 5.74) is 0. The molecule has 2 rings (SSSR count). The Morgan fingerprint density at radius 2 is 2.00 bits per heavy atom. The van der Waals surface area contributed by atoms with E-state index in [1.54, 1.807) is 0 Å². The van der Waals surface area contributed by atoms with Gasteiger partial charge < -0.3 is 10.1 Å². The summed E-state index contributed by atoms with van der Waals surface area (Å²) in [5.74, 6) is 0.142. The van der Waals surface area contributed by atoms with Gasteiger partial charge in [-0.3, -0.25) is 4.79 Å². The number of amides is 1. The number of carbonyl (C=O) groups is 1. The molecule has 1 fully saturated rings. The molecule has 0 aliphatic carbocycles. The molecular weight excluding hydrogens is 209 g/mol. The highest BCUT2D eigenvalue weighted by molar-refractivity contribution is 5.81. The number of hydrogen-bond acceptors (Lipinski definition) is 2. The molecule has 16 heavy (non-hydrogen) atoms. The van der Waals surface area contributed by atoms with Gasteiger partial charge in [0.2, 0.25) is 0 Å². The molecule has 0 aromatic heterocycles. The molecule has 1 aromatic rings. The van der Waals surface area contributed by atoms with Gasteiger partial charge in [-0.05, 0) is 43.5 Å². The number of nitrogens with one attached hydrogen (secondary N) is 1. The minimum atomic E-state index is -0.451. The van der Waals surface area contributed by atoms with E-state index in [0.29, 0.717) is 18.7 Å². The molecule has 0 bridgehead atoms. The van der Waals surface area contributed by atoms with Crippen LogP contribution in [0.3, 0.4) is 0 Å². The molecule has 1 aliphatic rings. The van der Waals surface area contributed by atoms with Gasteiger partial charge in [-0.15, -0.1) is 0 Å². The van der Waals surface area contributed by atoms with Crippen LogP contribution in [0.15, 0.2) is 24.3 Å². The molecule has 0 saturated carbocycles. The maximum Gasteiger partial charge on any atom is 0.261 e. The van der Waals surface area contributed by atoms with Gasteiger partial charge in [-0.1, -0.05) is 0 Å². The quantitative estimate of drug-likeness (QED) is 0.831. The summed E-state index contributed by atoms with van der Waals surface area (Å²) in [6, 6.07) is 5.72. The summed E-state index contributed by atoms with van der Waals surface area (Å²) in [6.07, 6.45) is 2.20. The van der Waals surface area contributed by atoms with Gasteiger partial charge in [-0.25, -0.2) is 4.39 Å². The Hall–Kier alpha value is -1.58. The van der Waals surface area contributed by atoms with Crippen LogP contribution < -0.4 is 10.1 Å². The van der Waals surface area contributed by atoms with Crippen molar-refractivity contribution in [1.29, 1.82) is 0 Å². The van der Waals surface area contributed by atoms with Gasteiger partial charge in [0.1, 0.15) is 11.6 Å². The summed E-state index contributed by atoms with van der Waals surface area (Å²) < 4.78 is 18.2. The summed E-state index contributed by atoms with van der Waals surface area (Å²) in [5, 5.41) is 2.79. The number of halogens is 1. The van der Waals surface area contributed by atoms with E-state index in [1.165, 1.54) is 24.3 Å². The zero-order valence-electron chi connectivity index (χ0n) is 8.91. The molecule has 1 atom stereocenters. The van der Waals surface area contributed by atoms with Crippen LogP contribution in [0.1, 0.15) is 19.3 Å². The van der Waals surface area contributed by atoms with Crippen molar-refractivity contribution in [3.05, 3.63) is 30.1 Å². The highest BCUT2D eigenvalue weighted by Crippen LogP contribution is 2.16. The van der Waals surface area contributed by atoms with Crippen molar-refractivity contribution < 1.29 is 13.9 Å². The van der Waals surface area contributed by atoms with Gasteiger partial charge in [-0.2, -0.15) is 0 Å². The molecule has 1 saturated heterocycles. The van der Waals surface area contributed by atoms with Crippen LogP contribution in [0.25, 0.3) is 0 Å². The fourth-order valence-electron chi connectivity index (χ4n) is 1.70. The molecule has 1 unspecified atom stereocenters. The third-order valence-electron chi connectivity index (χ3n) is 2.58. The Morgan fingerprint density at radius 3 is 2.75 bits per heavy atom. The van der Waals surface area contributed by atoms with E-state index < -0.39 is 6.10 Å². The molecule has 0 radical (unpaired) electrons. The molecule has 3 nitrogen and oxygen atoms in total. The Balaban J connectivity index is 2.02. The van der Waals surface area contributed by atoms with Crippen molar-refractivity contribution in [2.45, 2.75) is 25.4 Å². The van der Waals surface area contributed by atoms with Gasteiger partial charge in [0.15, 0.2) is 6.10 Å². The number of rotatable bonds is 2. The van der Waals surface area contributed by atoms with E-state index in [4.69, 9.17) is 4.74 Å². The topological polar surface area (TPSA) is 38.3 Å². The van der Waals surface area contributed by atoms with E-state index in [9.17, 15) is 9.18 Å². The van der Waals surface area contributed by atoms with E-state index >= 15 is 0 Å². The van der Waals surface area contributed by atoms with Crippen molar-refractivity contribution in [2.24, 2.45) is 0 Å². The van der Waals surface area contributed by atoms with Gasteiger partial charge in [0.25, 0.3) is 5.91 Å². The monoisotopic (exact) mass is 223 g/mol. The van der Waals surface area contributed by atoms with Gasteiger partial charge >= 0.3 is 0 Å². The molecule has 1 aliphatic heterocycles. The zero-order chi connectivity index (χ0) is 11.4. The van der Waals surface area contributed by atoms with E-state index in [1.807, 2.05) is 0 Å². The normalized spacial score (nSPS) is 21.1. The second-order valence-electron chi connectivity index (χ2n) is 3.85. The lowest BCUT2D eigenvalue weighted by Crippen LogP contribution is -2.36. The lowest BCUT2D eigenvalue weighted by atomic mass is 10.2. The zero-order valence-corrected chi connectivity index (χ0v) is 8.91.